The van der Waals surface area contributed by atoms with Gasteiger partial charge >= 0.3 is 6.18 Å². The number of sulfonamides is 1. The van der Waals surface area contributed by atoms with E-state index in [1.165, 1.54) is 30.6 Å². The summed E-state index contributed by atoms with van der Waals surface area (Å²) in [5.41, 5.74) is -1.07. The molecule has 0 aliphatic carbocycles. The summed E-state index contributed by atoms with van der Waals surface area (Å²) in [6.45, 7) is -0.805. The molecule has 2 aromatic carbocycles. The lowest BCUT2D eigenvalue weighted by Gasteiger charge is -2.25. The van der Waals surface area contributed by atoms with Gasteiger partial charge in [-0.05, 0) is 30.3 Å². The Kier molecular flexibility index (Phi) is 6.99. The second kappa shape index (κ2) is 9.53. The monoisotopic (exact) mass is 485 g/mol. The van der Waals surface area contributed by atoms with Crippen LogP contribution in [0.2, 0.25) is 5.02 Å². The zero-order valence-electron chi connectivity index (χ0n) is 16.3. The normalized spacial score (nSPS) is 11.8. The summed E-state index contributed by atoms with van der Waals surface area (Å²) < 4.78 is 66.8. The van der Waals surface area contributed by atoms with Gasteiger partial charge in [0, 0.05) is 6.07 Å². The van der Waals surface area contributed by atoms with Gasteiger partial charge in [-0.25, -0.2) is 8.42 Å². The van der Waals surface area contributed by atoms with Crippen LogP contribution in [0.15, 0.2) is 72.0 Å². The zero-order valence-corrected chi connectivity index (χ0v) is 17.9. The van der Waals surface area contributed by atoms with E-state index in [0.29, 0.717) is 16.1 Å². The Balaban J connectivity index is 1.98. The maximum atomic E-state index is 13.3. The van der Waals surface area contributed by atoms with E-state index < -0.39 is 39.9 Å². The number of amides is 1. The van der Waals surface area contributed by atoms with Gasteiger partial charge in [0.2, 0.25) is 5.91 Å². The molecular formula is C20H17ClF3N4O3S+. The van der Waals surface area contributed by atoms with Crippen LogP contribution in [0.4, 0.5) is 18.9 Å². The van der Waals surface area contributed by atoms with Crippen LogP contribution >= 0.6 is 11.6 Å². The molecule has 0 unspecified atom stereocenters. The van der Waals surface area contributed by atoms with Crippen LogP contribution < -0.4 is 14.6 Å². The van der Waals surface area contributed by atoms with Gasteiger partial charge in [0.15, 0.2) is 5.69 Å². The number of anilines is 1. The lowest BCUT2D eigenvalue weighted by molar-refractivity contribution is -0.383. The molecule has 0 fully saturated rings. The van der Waals surface area contributed by atoms with Crippen LogP contribution in [-0.4, -0.2) is 25.9 Å². The third kappa shape index (κ3) is 5.54. The van der Waals surface area contributed by atoms with Crippen LogP contribution in [0.25, 0.3) is 0 Å². The first-order valence-electron chi connectivity index (χ1n) is 9.11. The Labute approximate surface area is 186 Å². The number of alkyl halides is 3. The van der Waals surface area contributed by atoms with Gasteiger partial charge in [-0.3, -0.25) is 14.1 Å². The first kappa shape index (κ1) is 23.5. The fourth-order valence-corrected chi connectivity index (χ4v) is 4.45. The van der Waals surface area contributed by atoms with Crippen LogP contribution in [0.5, 0.6) is 0 Å². The maximum Gasteiger partial charge on any atom is 0.416 e. The fraction of sp³-hybridized carbons (Fsp3) is 0.150. The number of benzene rings is 2. The highest BCUT2D eigenvalue weighted by Gasteiger charge is 2.34. The molecule has 7 nitrogen and oxygen atoms in total. The van der Waals surface area contributed by atoms with Crippen molar-refractivity contribution in [3.63, 3.8) is 0 Å². The van der Waals surface area contributed by atoms with Crippen molar-refractivity contribution < 1.29 is 31.4 Å². The van der Waals surface area contributed by atoms with E-state index in [4.69, 9.17) is 11.6 Å². The quantitative estimate of drug-likeness (QED) is 0.556. The molecule has 0 spiro atoms. The Morgan fingerprint density at radius 3 is 2.47 bits per heavy atom. The fourth-order valence-electron chi connectivity index (χ4n) is 2.73. The molecule has 1 aromatic heterocycles. The van der Waals surface area contributed by atoms with E-state index in [0.717, 1.165) is 12.1 Å². The molecule has 3 aromatic rings. The number of hydrogen-bond donors (Lipinski definition) is 1. The molecule has 0 atom stereocenters. The van der Waals surface area contributed by atoms with Crippen molar-refractivity contribution in [2.24, 2.45) is 0 Å². The highest BCUT2D eigenvalue weighted by atomic mass is 35.5. The van der Waals surface area contributed by atoms with Crippen LogP contribution in [0.1, 0.15) is 11.3 Å². The van der Waals surface area contributed by atoms with Crippen molar-refractivity contribution in [3.05, 3.63) is 83.4 Å². The number of carbonyl (C=O) groups excluding carboxylic acids is 1. The van der Waals surface area contributed by atoms with Crippen molar-refractivity contribution >= 4 is 33.2 Å². The van der Waals surface area contributed by atoms with Gasteiger partial charge in [-0.1, -0.05) is 34.8 Å². The van der Waals surface area contributed by atoms with E-state index in [1.54, 1.807) is 18.3 Å². The highest BCUT2D eigenvalue weighted by Crippen LogP contribution is 2.37. The summed E-state index contributed by atoms with van der Waals surface area (Å²) in [5, 5.41) is 2.24. The number of aromatic amines is 1. The van der Waals surface area contributed by atoms with E-state index in [9.17, 15) is 26.4 Å². The molecule has 2 N–H and O–H groups in total. The number of rotatable bonds is 7. The minimum absolute atomic E-state index is 0.0109. The topological polar surface area (TPSA) is 93.5 Å². The number of aromatic nitrogens is 2. The predicted octanol–water partition coefficient (Wildman–Crippen LogP) is 3.08. The number of nitrogens with one attached hydrogen (secondary N) is 2. The molecule has 32 heavy (non-hydrogen) atoms. The smallest absolute Gasteiger partial charge is 0.347 e. The third-order valence-corrected chi connectivity index (χ3v) is 6.40. The molecule has 1 heterocycles. The van der Waals surface area contributed by atoms with Crippen molar-refractivity contribution in [1.82, 2.24) is 10.3 Å². The Bertz CT molecular complexity index is 1190. The maximum absolute atomic E-state index is 13.3. The van der Waals surface area contributed by atoms with Crippen molar-refractivity contribution in [2.45, 2.75) is 17.6 Å². The zero-order chi connectivity index (χ0) is 23.4. The number of carbonyl (C=O) groups is 1. The largest absolute Gasteiger partial charge is 0.416 e. The van der Waals surface area contributed by atoms with Crippen molar-refractivity contribution in [2.75, 3.05) is 10.8 Å². The van der Waals surface area contributed by atoms with Crippen molar-refractivity contribution in [1.29, 1.82) is 0 Å². The molecule has 3 rings (SSSR count). The molecule has 0 aliphatic rings. The Hall–Kier alpha value is -3.18. The summed E-state index contributed by atoms with van der Waals surface area (Å²) in [4.78, 5) is 19.1. The number of H-pyrrole nitrogens is 1. The second-order valence-electron chi connectivity index (χ2n) is 6.51. The number of halogens is 4. The first-order valence-corrected chi connectivity index (χ1v) is 10.9. The predicted molar refractivity (Wildman–Crippen MR) is 110 cm³/mol. The van der Waals surface area contributed by atoms with Crippen LogP contribution in [0.3, 0.4) is 0 Å². The minimum atomic E-state index is -4.74. The first-order chi connectivity index (χ1) is 15.1. The van der Waals surface area contributed by atoms with Crippen LogP contribution in [-0.2, 0) is 27.5 Å². The molecule has 0 saturated carbocycles. The third-order valence-electron chi connectivity index (χ3n) is 4.30. The summed E-state index contributed by atoms with van der Waals surface area (Å²) >= 11 is 6.07. The number of nitrogens with zero attached hydrogens (tertiary/aromatic N) is 2. The summed E-state index contributed by atoms with van der Waals surface area (Å²) in [5.74, 6) is -0.757. The molecule has 1 amide bonds. The van der Waals surface area contributed by atoms with Gasteiger partial charge in [0.1, 0.15) is 6.54 Å². The minimum Gasteiger partial charge on any atom is -0.347 e. The molecule has 0 radical (unpaired) electrons. The van der Waals surface area contributed by atoms with Gasteiger partial charge in [0.05, 0.1) is 33.9 Å². The van der Waals surface area contributed by atoms with E-state index in [1.807, 2.05) is 0 Å². The van der Waals surface area contributed by atoms with Gasteiger partial charge in [-0.2, -0.15) is 13.2 Å². The lowest BCUT2D eigenvalue weighted by Crippen LogP contribution is -2.41. The average Bonchev–Trinajstić information content (AvgIpc) is 2.77. The molecular weight excluding hydrogens is 469 g/mol. The summed E-state index contributed by atoms with van der Waals surface area (Å²) in [6, 6.07) is 10.9. The van der Waals surface area contributed by atoms with E-state index in [-0.39, 0.29) is 16.5 Å². The lowest BCUT2D eigenvalue weighted by atomic mass is 10.2. The molecule has 0 aliphatic heterocycles. The highest BCUT2D eigenvalue weighted by molar-refractivity contribution is 7.92. The summed E-state index contributed by atoms with van der Waals surface area (Å²) in [6.07, 6.45) is -1.75. The molecule has 168 valence electrons. The van der Waals surface area contributed by atoms with E-state index >= 15 is 0 Å². The van der Waals surface area contributed by atoms with Crippen LogP contribution in [0, 0.1) is 0 Å². The second-order valence-corrected chi connectivity index (χ2v) is 8.78. The molecule has 12 heteroatoms. The van der Waals surface area contributed by atoms with Crippen molar-refractivity contribution in [3.8, 4) is 0 Å². The average molecular weight is 486 g/mol. The van der Waals surface area contributed by atoms with Gasteiger partial charge in [0.25, 0.3) is 16.4 Å². The molecule has 0 saturated heterocycles. The van der Waals surface area contributed by atoms with E-state index in [2.05, 4.69) is 15.3 Å². The SMILES string of the molecule is O=C(CN(c1cc(C(F)(F)F)ccc1Cl)S(=O)(=O)c1ccccc1)NCc1cc[nH+]cn1. The Morgan fingerprint density at radius 1 is 1.12 bits per heavy atom. The number of hydrogen-bond acceptors (Lipinski definition) is 4. The van der Waals surface area contributed by atoms with Gasteiger partial charge < -0.3 is 5.32 Å². The molecule has 0 bridgehead atoms. The summed E-state index contributed by atoms with van der Waals surface area (Å²) in [7, 11) is -4.42. The Morgan fingerprint density at radius 2 is 1.84 bits per heavy atom. The van der Waals surface area contributed by atoms with Gasteiger partial charge in [-0.15, -0.1) is 0 Å². The standard InChI is InChI=1S/C20H16ClF3N4O3S/c21-17-7-6-14(20(22,23)24)10-18(17)28(32(30,31)16-4-2-1-3-5-16)12-19(29)26-11-15-8-9-25-13-27-15/h1-10,13H,11-12H2,(H,26,29)/p+1.